The van der Waals surface area contributed by atoms with Crippen molar-refractivity contribution in [3.8, 4) is 0 Å². The number of pyridine rings is 1. The molecule has 2 aromatic carbocycles. The highest BCUT2D eigenvalue weighted by Crippen LogP contribution is 2.31. The first kappa shape index (κ1) is 19.6. The van der Waals surface area contributed by atoms with Gasteiger partial charge in [0.2, 0.25) is 5.91 Å². The highest BCUT2D eigenvalue weighted by atomic mass is 19.4. The van der Waals surface area contributed by atoms with Crippen LogP contribution in [0.25, 0.3) is 0 Å². The molecule has 28 heavy (non-hydrogen) atoms. The van der Waals surface area contributed by atoms with Gasteiger partial charge in [0.1, 0.15) is 6.04 Å². The molecular weight excluding hydrogens is 367 g/mol. The third kappa shape index (κ3) is 5.17. The topological polar surface area (TPSA) is 54.0 Å². The Morgan fingerprint density at radius 1 is 1.00 bits per heavy atom. The van der Waals surface area contributed by atoms with E-state index in [1.165, 1.54) is 12.1 Å². The number of aromatic nitrogens is 1. The fourth-order valence-electron chi connectivity index (χ4n) is 2.72. The number of nitrogens with zero attached hydrogens (tertiary/aromatic N) is 1. The Kier molecular flexibility index (Phi) is 6.06. The third-order valence-electron chi connectivity index (χ3n) is 4.09. The molecule has 0 aliphatic heterocycles. The summed E-state index contributed by atoms with van der Waals surface area (Å²) in [6.45, 7) is 0.378. The van der Waals surface area contributed by atoms with Gasteiger partial charge in [-0.05, 0) is 35.4 Å². The molecule has 3 rings (SSSR count). The van der Waals surface area contributed by atoms with E-state index in [2.05, 4.69) is 15.6 Å². The number of hydrogen-bond acceptors (Lipinski definition) is 3. The van der Waals surface area contributed by atoms with Gasteiger partial charge in [0.25, 0.3) is 0 Å². The Labute approximate surface area is 160 Å². The van der Waals surface area contributed by atoms with Crippen molar-refractivity contribution in [1.29, 1.82) is 0 Å². The fraction of sp³-hybridized carbons (Fsp3) is 0.143. The van der Waals surface area contributed by atoms with E-state index in [1.807, 2.05) is 12.1 Å². The molecule has 0 bridgehead atoms. The largest absolute Gasteiger partial charge is 0.416 e. The first-order chi connectivity index (χ1) is 13.4. The van der Waals surface area contributed by atoms with E-state index in [-0.39, 0.29) is 5.69 Å². The molecule has 7 heteroatoms. The van der Waals surface area contributed by atoms with Crippen LogP contribution in [-0.2, 0) is 17.5 Å². The monoisotopic (exact) mass is 385 g/mol. The lowest BCUT2D eigenvalue weighted by molar-refractivity contribution is -0.137. The second kappa shape index (κ2) is 8.67. The van der Waals surface area contributed by atoms with Crippen LogP contribution in [0.5, 0.6) is 0 Å². The molecule has 3 aromatic rings. The smallest absolute Gasteiger partial charge is 0.324 e. The van der Waals surface area contributed by atoms with Crippen LogP contribution in [0.3, 0.4) is 0 Å². The minimum atomic E-state index is -4.47. The summed E-state index contributed by atoms with van der Waals surface area (Å²) in [7, 11) is 0. The Balaban J connectivity index is 1.79. The Bertz CT molecular complexity index is 915. The molecule has 144 valence electrons. The summed E-state index contributed by atoms with van der Waals surface area (Å²) in [4.78, 5) is 16.9. The molecule has 2 N–H and O–H groups in total. The highest BCUT2D eigenvalue weighted by Gasteiger charge is 2.30. The predicted octanol–water partition coefficient (Wildman–Crippen LogP) is 4.57. The van der Waals surface area contributed by atoms with Crippen molar-refractivity contribution in [3.05, 3.63) is 95.8 Å². The molecular formula is C21H18F3N3O. The van der Waals surface area contributed by atoms with Gasteiger partial charge in [-0.2, -0.15) is 13.2 Å². The van der Waals surface area contributed by atoms with Gasteiger partial charge in [-0.1, -0.05) is 42.5 Å². The van der Waals surface area contributed by atoms with E-state index in [1.54, 1.807) is 42.7 Å². The van der Waals surface area contributed by atoms with Crippen LogP contribution in [0, 0.1) is 0 Å². The first-order valence-corrected chi connectivity index (χ1v) is 8.59. The van der Waals surface area contributed by atoms with Crippen molar-refractivity contribution < 1.29 is 18.0 Å². The normalized spacial score (nSPS) is 12.4. The van der Waals surface area contributed by atoms with Gasteiger partial charge >= 0.3 is 6.18 Å². The summed E-state index contributed by atoms with van der Waals surface area (Å²) < 4.78 is 38.7. The van der Waals surface area contributed by atoms with Crippen molar-refractivity contribution in [1.82, 2.24) is 10.3 Å². The molecule has 0 fully saturated rings. The third-order valence-corrected chi connectivity index (χ3v) is 4.09. The van der Waals surface area contributed by atoms with Crippen LogP contribution < -0.4 is 10.6 Å². The fourth-order valence-corrected chi connectivity index (χ4v) is 2.72. The molecule has 0 saturated carbocycles. The van der Waals surface area contributed by atoms with Crippen LogP contribution in [0.2, 0.25) is 0 Å². The number of amides is 1. The lowest BCUT2D eigenvalue weighted by Crippen LogP contribution is -2.32. The molecule has 1 aromatic heterocycles. The first-order valence-electron chi connectivity index (χ1n) is 8.59. The van der Waals surface area contributed by atoms with Gasteiger partial charge in [0.05, 0.1) is 5.56 Å². The SMILES string of the molecule is O=C(Nc1cccc(C(F)(F)F)c1)C(NCc1cccnc1)c1ccccc1. The van der Waals surface area contributed by atoms with Crippen molar-refractivity contribution in [3.63, 3.8) is 0 Å². The van der Waals surface area contributed by atoms with E-state index in [0.29, 0.717) is 12.1 Å². The summed E-state index contributed by atoms with van der Waals surface area (Å²) in [5.74, 6) is -0.450. The summed E-state index contributed by atoms with van der Waals surface area (Å²) in [6.07, 6.45) is -1.14. The lowest BCUT2D eigenvalue weighted by atomic mass is 10.1. The number of anilines is 1. The van der Waals surface area contributed by atoms with Crippen LogP contribution >= 0.6 is 0 Å². The average Bonchev–Trinajstić information content (AvgIpc) is 2.69. The van der Waals surface area contributed by atoms with Crippen molar-refractivity contribution in [2.24, 2.45) is 0 Å². The second-order valence-electron chi connectivity index (χ2n) is 6.15. The standard InChI is InChI=1S/C21H18F3N3O/c22-21(23,24)17-9-4-10-18(12-17)27-20(28)19(16-7-2-1-3-8-16)26-14-15-6-5-11-25-13-15/h1-13,19,26H,14H2,(H,27,28). The number of halogens is 3. The number of hydrogen-bond donors (Lipinski definition) is 2. The second-order valence-corrected chi connectivity index (χ2v) is 6.15. The Morgan fingerprint density at radius 3 is 2.46 bits per heavy atom. The zero-order chi connectivity index (χ0) is 20.0. The molecule has 0 radical (unpaired) electrons. The summed E-state index contributed by atoms with van der Waals surface area (Å²) in [5, 5.41) is 5.72. The van der Waals surface area contributed by atoms with Crippen LogP contribution in [0.1, 0.15) is 22.7 Å². The van der Waals surface area contributed by atoms with Crippen molar-refractivity contribution >= 4 is 11.6 Å². The van der Waals surface area contributed by atoms with Gasteiger partial charge in [-0.25, -0.2) is 0 Å². The molecule has 1 unspecified atom stereocenters. The van der Waals surface area contributed by atoms with Gasteiger partial charge < -0.3 is 5.32 Å². The van der Waals surface area contributed by atoms with Crippen molar-refractivity contribution in [2.45, 2.75) is 18.8 Å². The quantitative estimate of drug-likeness (QED) is 0.654. The van der Waals surface area contributed by atoms with Crippen LogP contribution in [0.4, 0.5) is 18.9 Å². The predicted molar refractivity (Wildman–Crippen MR) is 100 cm³/mol. The number of carbonyl (C=O) groups excluding carboxylic acids is 1. The summed E-state index contributed by atoms with van der Waals surface area (Å²) >= 11 is 0. The van der Waals surface area contributed by atoms with E-state index < -0.39 is 23.7 Å². The maximum absolute atomic E-state index is 12.9. The maximum atomic E-state index is 12.9. The molecule has 0 saturated heterocycles. The zero-order valence-electron chi connectivity index (χ0n) is 14.8. The molecule has 4 nitrogen and oxygen atoms in total. The van der Waals surface area contributed by atoms with E-state index in [4.69, 9.17) is 0 Å². The summed E-state index contributed by atoms with van der Waals surface area (Å²) in [5.41, 5.74) is 0.861. The molecule has 0 spiro atoms. The number of benzene rings is 2. The molecule has 1 amide bonds. The van der Waals surface area contributed by atoms with Gasteiger partial charge in [-0.3, -0.25) is 15.1 Å². The van der Waals surface area contributed by atoms with Crippen LogP contribution in [-0.4, -0.2) is 10.9 Å². The average molecular weight is 385 g/mol. The highest BCUT2D eigenvalue weighted by molar-refractivity contribution is 5.95. The molecule has 0 aliphatic carbocycles. The van der Waals surface area contributed by atoms with E-state index in [0.717, 1.165) is 17.7 Å². The number of nitrogens with one attached hydrogen (secondary N) is 2. The number of rotatable bonds is 6. The summed E-state index contributed by atoms with van der Waals surface area (Å²) in [6, 6.07) is 16.5. The van der Waals surface area contributed by atoms with Crippen molar-refractivity contribution in [2.75, 3.05) is 5.32 Å². The zero-order valence-corrected chi connectivity index (χ0v) is 14.8. The maximum Gasteiger partial charge on any atom is 0.416 e. The van der Waals surface area contributed by atoms with Crippen LogP contribution in [0.15, 0.2) is 79.1 Å². The minimum Gasteiger partial charge on any atom is -0.324 e. The Hall–Kier alpha value is -3.19. The Morgan fingerprint density at radius 2 is 1.79 bits per heavy atom. The molecule has 0 aliphatic rings. The van der Waals surface area contributed by atoms with Gasteiger partial charge in [-0.15, -0.1) is 0 Å². The minimum absolute atomic E-state index is 0.0870. The van der Waals surface area contributed by atoms with Gasteiger partial charge in [0, 0.05) is 24.6 Å². The number of carbonyl (C=O) groups is 1. The lowest BCUT2D eigenvalue weighted by Gasteiger charge is -2.19. The van der Waals surface area contributed by atoms with E-state index >= 15 is 0 Å². The van der Waals surface area contributed by atoms with E-state index in [9.17, 15) is 18.0 Å². The van der Waals surface area contributed by atoms with Gasteiger partial charge in [0.15, 0.2) is 0 Å². The molecule has 1 atom stereocenters. The molecule has 1 heterocycles. The number of alkyl halides is 3.